The van der Waals surface area contributed by atoms with E-state index in [9.17, 15) is 0 Å². The van der Waals surface area contributed by atoms with E-state index in [1.165, 1.54) is 0 Å². The molecule has 0 spiro atoms. The molecular formula is C22H36N2+2. The van der Waals surface area contributed by atoms with Crippen LogP contribution in [-0.4, -0.2) is 61.3 Å². The van der Waals surface area contributed by atoms with Gasteiger partial charge in [-0.1, -0.05) is 39.5 Å². The Morgan fingerprint density at radius 2 is 0.583 bits per heavy atom. The standard InChI is InChI=1S/C22H36N2/c1-7-15-23(16-8-2,17-9-3)21-13-14-22-24(18-10-4,19-11-5)20-12-6/h7-14H,1-6,15-22H2/q+2. The van der Waals surface area contributed by atoms with Gasteiger partial charge in [-0.25, -0.2) is 0 Å². The highest BCUT2D eigenvalue weighted by molar-refractivity contribution is 4.88. The first-order chi connectivity index (χ1) is 11.6. The van der Waals surface area contributed by atoms with E-state index in [0.717, 1.165) is 61.3 Å². The van der Waals surface area contributed by atoms with E-state index in [0.29, 0.717) is 0 Å². The summed E-state index contributed by atoms with van der Waals surface area (Å²) in [5.41, 5.74) is 0. The van der Waals surface area contributed by atoms with Gasteiger partial charge in [0, 0.05) is 0 Å². The summed E-state index contributed by atoms with van der Waals surface area (Å²) in [6, 6.07) is 0. The van der Waals surface area contributed by atoms with Crippen LogP contribution in [0.1, 0.15) is 0 Å². The van der Waals surface area contributed by atoms with E-state index < -0.39 is 0 Å². The van der Waals surface area contributed by atoms with Gasteiger partial charge in [0.25, 0.3) is 0 Å². The summed E-state index contributed by atoms with van der Waals surface area (Å²) < 4.78 is 1.77. The fourth-order valence-electron chi connectivity index (χ4n) is 3.13. The van der Waals surface area contributed by atoms with Gasteiger partial charge in [-0.05, 0) is 48.6 Å². The molecule has 132 valence electrons. The summed E-state index contributed by atoms with van der Waals surface area (Å²) in [5, 5.41) is 0. The topological polar surface area (TPSA) is 0 Å². The monoisotopic (exact) mass is 328 g/mol. The first-order valence-corrected chi connectivity index (χ1v) is 8.58. The molecule has 0 rings (SSSR count). The van der Waals surface area contributed by atoms with Crippen molar-refractivity contribution in [1.29, 1.82) is 0 Å². The Kier molecular flexibility index (Phi) is 11.5. The Bertz CT molecular complexity index is 362. The van der Waals surface area contributed by atoms with Gasteiger partial charge in [0.05, 0.1) is 52.4 Å². The maximum atomic E-state index is 3.91. The highest BCUT2D eigenvalue weighted by Crippen LogP contribution is 2.11. The average molecular weight is 329 g/mol. The van der Waals surface area contributed by atoms with E-state index >= 15 is 0 Å². The summed E-state index contributed by atoms with van der Waals surface area (Å²) in [6.07, 6.45) is 16.4. The molecule has 2 heteroatoms. The predicted octanol–water partition coefficient (Wildman–Crippen LogP) is 4.29. The van der Waals surface area contributed by atoms with Gasteiger partial charge in [0.1, 0.15) is 0 Å². The van der Waals surface area contributed by atoms with E-state index in [2.05, 4.69) is 51.6 Å². The van der Waals surface area contributed by atoms with Crippen LogP contribution in [0.3, 0.4) is 0 Å². The molecule has 0 aromatic rings. The van der Waals surface area contributed by atoms with Crippen molar-refractivity contribution in [3.8, 4) is 0 Å². The second-order valence-corrected chi connectivity index (χ2v) is 6.35. The number of hydrogen-bond acceptors (Lipinski definition) is 0. The van der Waals surface area contributed by atoms with Gasteiger partial charge >= 0.3 is 0 Å². The van der Waals surface area contributed by atoms with Gasteiger partial charge < -0.3 is 8.97 Å². The molecule has 0 aromatic carbocycles. The average Bonchev–Trinajstić information content (AvgIpc) is 2.53. The Morgan fingerprint density at radius 1 is 0.375 bits per heavy atom. The fourth-order valence-corrected chi connectivity index (χ4v) is 3.13. The second kappa shape index (κ2) is 12.5. The Morgan fingerprint density at radius 3 is 0.750 bits per heavy atom. The lowest BCUT2D eigenvalue weighted by Crippen LogP contribution is -2.49. The molecule has 0 amide bonds. The molecule has 0 aliphatic rings. The quantitative estimate of drug-likeness (QED) is 0.293. The lowest BCUT2D eigenvalue weighted by atomic mass is 10.2. The van der Waals surface area contributed by atoms with Crippen LogP contribution in [0.25, 0.3) is 0 Å². The number of rotatable bonds is 16. The van der Waals surface area contributed by atoms with Crippen molar-refractivity contribution in [3.05, 3.63) is 88.1 Å². The van der Waals surface area contributed by atoms with Crippen LogP contribution < -0.4 is 0 Å². The third kappa shape index (κ3) is 7.58. The van der Waals surface area contributed by atoms with Crippen LogP contribution in [-0.2, 0) is 0 Å². The highest BCUT2D eigenvalue weighted by atomic mass is 15.3. The highest BCUT2D eigenvalue weighted by Gasteiger charge is 2.23. The van der Waals surface area contributed by atoms with E-state index in [-0.39, 0.29) is 0 Å². The molecule has 0 saturated carbocycles. The third-order valence-corrected chi connectivity index (χ3v) is 4.25. The summed E-state index contributed by atoms with van der Waals surface area (Å²) in [5.74, 6) is 0. The Labute approximate surface area is 150 Å². The molecule has 0 radical (unpaired) electrons. The summed E-state index contributed by atoms with van der Waals surface area (Å²) >= 11 is 0. The molecule has 2 nitrogen and oxygen atoms in total. The molecule has 0 aliphatic carbocycles. The number of hydrogen-bond donors (Lipinski definition) is 0. The molecule has 0 aromatic heterocycles. The lowest BCUT2D eigenvalue weighted by molar-refractivity contribution is -0.908. The van der Waals surface area contributed by atoms with Crippen LogP contribution in [0, 0.1) is 0 Å². The maximum absolute atomic E-state index is 3.91. The predicted molar refractivity (Wildman–Crippen MR) is 110 cm³/mol. The molecule has 0 atom stereocenters. The van der Waals surface area contributed by atoms with Crippen LogP contribution in [0.15, 0.2) is 88.1 Å². The van der Waals surface area contributed by atoms with Crippen LogP contribution >= 0.6 is 0 Å². The zero-order valence-corrected chi connectivity index (χ0v) is 15.4. The van der Waals surface area contributed by atoms with Gasteiger partial charge in [-0.15, -0.1) is 0 Å². The molecule has 0 aliphatic heterocycles. The summed E-state index contributed by atoms with van der Waals surface area (Å²) in [4.78, 5) is 0. The molecule has 0 N–H and O–H groups in total. The Balaban J connectivity index is 5.09. The molecule has 0 unspecified atom stereocenters. The minimum atomic E-state index is 0.886. The van der Waals surface area contributed by atoms with Crippen molar-refractivity contribution < 1.29 is 8.97 Å². The fraction of sp³-hybridized carbons (Fsp3) is 0.364. The summed E-state index contributed by atoms with van der Waals surface area (Å²) in [7, 11) is 0. The molecule has 0 heterocycles. The smallest absolute Gasteiger partial charge is 0.0983 e. The van der Waals surface area contributed by atoms with Crippen LogP contribution in [0.4, 0.5) is 0 Å². The van der Waals surface area contributed by atoms with Gasteiger partial charge in [0.2, 0.25) is 0 Å². The zero-order chi connectivity index (χ0) is 18.3. The first-order valence-electron chi connectivity index (χ1n) is 8.58. The summed E-state index contributed by atoms with van der Waals surface area (Å²) in [6.45, 7) is 30.8. The van der Waals surface area contributed by atoms with Crippen LogP contribution in [0.2, 0.25) is 0 Å². The van der Waals surface area contributed by atoms with Crippen molar-refractivity contribution in [2.45, 2.75) is 0 Å². The minimum absolute atomic E-state index is 0.886. The van der Waals surface area contributed by atoms with Crippen molar-refractivity contribution in [1.82, 2.24) is 0 Å². The van der Waals surface area contributed by atoms with Crippen molar-refractivity contribution in [3.63, 3.8) is 0 Å². The van der Waals surface area contributed by atoms with Crippen molar-refractivity contribution in [2.24, 2.45) is 0 Å². The molecular weight excluding hydrogens is 292 g/mol. The number of quaternary nitrogens is 2. The second-order valence-electron chi connectivity index (χ2n) is 6.35. The molecule has 0 bridgehead atoms. The largest absolute Gasteiger partial charge is 0.311 e. The van der Waals surface area contributed by atoms with E-state index in [1.807, 2.05) is 36.5 Å². The SMILES string of the molecule is C=CC[N+](CC=C)(CC=C)CC=CC[N+](CC=C)(CC=C)CC=C. The van der Waals surface area contributed by atoms with Gasteiger partial charge in [-0.2, -0.15) is 0 Å². The van der Waals surface area contributed by atoms with Gasteiger partial charge in [0.15, 0.2) is 0 Å². The third-order valence-electron chi connectivity index (χ3n) is 4.25. The number of nitrogens with zero attached hydrogens (tertiary/aromatic N) is 2. The molecule has 24 heavy (non-hydrogen) atoms. The first kappa shape index (κ1) is 22.1. The van der Waals surface area contributed by atoms with Crippen LogP contribution in [0.5, 0.6) is 0 Å². The molecule has 0 saturated heterocycles. The Hall–Kier alpha value is -1.90. The van der Waals surface area contributed by atoms with E-state index in [4.69, 9.17) is 0 Å². The van der Waals surface area contributed by atoms with Crippen molar-refractivity contribution >= 4 is 0 Å². The minimum Gasteiger partial charge on any atom is -0.311 e. The van der Waals surface area contributed by atoms with Gasteiger partial charge in [-0.3, -0.25) is 0 Å². The van der Waals surface area contributed by atoms with Crippen molar-refractivity contribution in [2.75, 3.05) is 52.4 Å². The zero-order valence-electron chi connectivity index (χ0n) is 15.4. The molecule has 0 fully saturated rings. The normalized spacial score (nSPS) is 11.8. The lowest BCUT2D eigenvalue weighted by Gasteiger charge is -2.36. The van der Waals surface area contributed by atoms with E-state index in [1.54, 1.807) is 0 Å². The maximum Gasteiger partial charge on any atom is 0.0983 e.